The van der Waals surface area contributed by atoms with Crippen LogP contribution in [-0.2, 0) is 9.47 Å². The fourth-order valence-electron chi connectivity index (χ4n) is 2.73. The standard InChI is InChI=1S/C18H38O6/c1-4-6-7-8-18(3,5-2)15(13-23-16(9-19)10-20)14-24-17(11-21)12-22/h15-17,19-22H,4-14H2,1-3H3. The molecule has 0 heterocycles. The van der Waals surface area contributed by atoms with Crippen LogP contribution in [0.15, 0.2) is 0 Å². The summed E-state index contributed by atoms with van der Waals surface area (Å²) in [4.78, 5) is 0. The first kappa shape index (κ1) is 23.8. The molecule has 0 spiro atoms. The van der Waals surface area contributed by atoms with Gasteiger partial charge in [-0.1, -0.05) is 46.5 Å². The van der Waals surface area contributed by atoms with Gasteiger partial charge in [-0.15, -0.1) is 0 Å². The van der Waals surface area contributed by atoms with Crippen molar-refractivity contribution in [1.82, 2.24) is 0 Å². The van der Waals surface area contributed by atoms with Crippen LogP contribution in [0.4, 0.5) is 0 Å². The van der Waals surface area contributed by atoms with Crippen molar-refractivity contribution in [2.24, 2.45) is 11.3 Å². The lowest BCUT2D eigenvalue weighted by Crippen LogP contribution is -2.38. The van der Waals surface area contributed by atoms with Crippen molar-refractivity contribution in [1.29, 1.82) is 0 Å². The van der Waals surface area contributed by atoms with E-state index in [1.54, 1.807) is 0 Å². The average Bonchev–Trinajstić information content (AvgIpc) is 2.61. The molecule has 6 nitrogen and oxygen atoms in total. The Morgan fingerprint density at radius 2 is 1.25 bits per heavy atom. The fraction of sp³-hybridized carbons (Fsp3) is 1.00. The highest BCUT2D eigenvalue weighted by Crippen LogP contribution is 2.37. The zero-order chi connectivity index (χ0) is 18.4. The molecule has 0 bridgehead atoms. The highest BCUT2D eigenvalue weighted by atomic mass is 16.5. The molecule has 0 aromatic carbocycles. The summed E-state index contributed by atoms with van der Waals surface area (Å²) in [6.45, 7) is 6.36. The first-order chi connectivity index (χ1) is 11.5. The highest BCUT2D eigenvalue weighted by molar-refractivity contribution is 4.82. The van der Waals surface area contributed by atoms with Gasteiger partial charge >= 0.3 is 0 Å². The summed E-state index contributed by atoms with van der Waals surface area (Å²) >= 11 is 0. The van der Waals surface area contributed by atoms with Crippen LogP contribution in [0, 0.1) is 11.3 Å². The lowest BCUT2D eigenvalue weighted by molar-refractivity contribution is -0.0969. The third-order valence-corrected chi connectivity index (χ3v) is 5.03. The predicted octanol–water partition coefficient (Wildman–Crippen LogP) is 1.34. The maximum absolute atomic E-state index is 9.18. The smallest absolute Gasteiger partial charge is 0.104 e. The second kappa shape index (κ2) is 14.0. The Labute approximate surface area is 146 Å². The molecule has 0 saturated carbocycles. The maximum atomic E-state index is 9.18. The highest BCUT2D eigenvalue weighted by Gasteiger charge is 2.33. The third-order valence-electron chi connectivity index (χ3n) is 5.03. The third kappa shape index (κ3) is 8.74. The van der Waals surface area contributed by atoms with E-state index in [0.29, 0.717) is 13.2 Å². The van der Waals surface area contributed by atoms with Gasteiger partial charge in [-0.3, -0.25) is 0 Å². The number of hydrogen-bond donors (Lipinski definition) is 4. The molecule has 6 heteroatoms. The summed E-state index contributed by atoms with van der Waals surface area (Å²) in [5, 5.41) is 36.7. The van der Waals surface area contributed by atoms with Crippen LogP contribution in [0.2, 0.25) is 0 Å². The molecule has 0 radical (unpaired) electrons. The van der Waals surface area contributed by atoms with E-state index in [1.165, 1.54) is 6.42 Å². The van der Waals surface area contributed by atoms with E-state index in [1.807, 2.05) is 0 Å². The van der Waals surface area contributed by atoms with Crippen LogP contribution in [-0.4, -0.2) is 72.3 Å². The van der Waals surface area contributed by atoms with E-state index < -0.39 is 12.2 Å². The SMILES string of the molecule is CCCCCC(C)(CC)C(COC(CO)CO)COC(CO)CO. The van der Waals surface area contributed by atoms with Crippen LogP contribution < -0.4 is 0 Å². The Hall–Kier alpha value is -0.240. The fourth-order valence-corrected chi connectivity index (χ4v) is 2.73. The lowest BCUT2D eigenvalue weighted by atomic mass is 9.72. The van der Waals surface area contributed by atoms with Crippen LogP contribution in [0.3, 0.4) is 0 Å². The second-order valence-electron chi connectivity index (χ2n) is 6.80. The van der Waals surface area contributed by atoms with Crippen molar-refractivity contribution >= 4 is 0 Å². The van der Waals surface area contributed by atoms with Gasteiger partial charge < -0.3 is 29.9 Å². The van der Waals surface area contributed by atoms with Gasteiger partial charge in [0.2, 0.25) is 0 Å². The average molecular weight is 350 g/mol. The summed E-state index contributed by atoms with van der Waals surface area (Å²) in [5.41, 5.74) is 0.0000921. The Balaban J connectivity index is 4.89. The molecular weight excluding hydrogens is 312 g/mol. The summed E-state index contributed by atoms with van der Waals surface area (Å²) in [6.07, 6.45) is 4.29. The normalized spacial score (nSPS) is 14.8. The van der Waals surface area contributed by atoms with Crippen LogP contribution in [0.1, 0.15) is 52.9 Å². The maximum Gasteiger partial charge on any atom is 0.104 e. The zero-order valence-electron chi connectivity index (χ0n) is 15.6. The number of rotatable bonds is 16. The predicted molar refractivity (Wildman–Crippen MR) is 93.9 cm³/mol. The molecule has 146 valence electrons. The molecule has 0 amide bonds. The van der Waals surface area contributed by atoms with E-state index in [0.717, 1.165) is 25.7 Å². The van der Waals surface area contributed by atoms with Crippen molar-refractivity contribution in [3.63, 3.8) is 0 Å². The number of aliphatic hydroxyl groups is 4. The van der Waals surface area contributed by atoms with Crippen molar-refractivity contribution < 1.29 is 29.9 Å². The molecule has 1 atom stereocenters. The summed E-state index contributed by atoms with van der Waals surface area (Å²) < 4.78 is 11.3. The molecule has 24 heavy (non-hydrogen) atoms. The molecule has 1 unspecified atom stereocenters. The Morgan fingerprint density at radius 3 is 1.58 bits per heavy atom. The first-order valence-corrected chi connectivity index (χ1v) is 9.17. The van der Waals surface area contributed by atoms with Gasteiger partial charge in [0.05, 0.1) is 39.6 Å². The molecule has 0 fully saturated rings. The van der Waals surface area contributed by atoms with Crippen LogP contribution in [0.25, 0.3) is 0 Å². The van der Waals surface area contributed by atoms with Gasteiger partial charge in [-0.05, 0) is 11.8 Å². The zero-order valence-corrected chi connectivity index (χ0v) is 15.6. The number of ether oxygens (including phenoxy) is 2. The molecule has 4 N–H and O–H groups in total. The Morgan fingerprint density at radius 1 is 0.792 bits per heavy atom. The second-order valence-corrected chi connectivity index (χ2v) is 6.80. The summed E-state index contributed by atoms with van der Waals surface area (Å²) in [7, 11) is 0. The number of unbranched alkanes of at least 4 members (excludes halogenated alkanes) is 2. The summed E-state index contributed by atoms with van der Waals surface area (Å²) in [6, 6.07) is 0. The molecule has 0 saturated heterocycles. The number of hydrogen-bond acceptors (Lipinski definition) is 6. The van der Waals surface area contributed by atoms with Crippen molar-refractivity contribution in [3.8, 4) is 0 Å². The topological polar surface area (TPSA) is 99.4 Å². The molecule has 0 aromatic rings. The van der Waals surface area contributed by atoms with Crippen LogP contribution >= 0.6 is 0 Å². The molecular formula is C18H38O6. The van der Waals surface area contributed by atoms with E-state index >= 15 is 0 Å². The monoisotopic (exact) mass is 350 g/mol. The van der Waals surface area contributed by atoms with Crippen molar-refractivity contribution in [3.05, 3.63) is 0 Å². The minimum absolute atomic E-state index is 0.0000921. The van der Waals surface area contributed by atoms with E-state index in [-0.39, 0.29) is 37.8 Å². The molecule has 0 aliphatic rings. The van der Waals surface area contributed by atoms with Gasteiger partial charge in [0, 0.05) is 5.92 Å². The van der Waals surface area contributed by atoms with Gasteiger partial charge in [-0.25, -0.2) is 0 Å². The lowest BCUT2D eigenvalue weighted by Gasteiger charge is -2.38. The minimum Gasteiger partial charge on any atom is -0.394 e. The first-order valence-electron chi connectivity index (χ1n) is 9.17. The minimum atomic E-state index is -0.587. The Bertz CT molecular complexity index is 265. The quantitative estimate of drug-likeness (QED) is 0.314. The summed E-state index contributed by atoms with van der Waals surface area (Å²) in [5.74, 6) is 0.0561. The number of aliphatic hydroxyl groups excluding tert-OH is 4. The Kier molecular flexibility index (Phi) is 13.8. The van der Waals surface area contributed by atoms with E-state index in [4.69, 9.17) is 9.47 Å². The van der Waals surface area contributed by atoms with E-state index in [2.05, 4.69) is 20.8 Å². The van der Waals surface area contributed by atoms with Gasteiger partial charge in [-0.2, -0.15) is 0 Å². The van der Waals surface area contributed by atoms with Gasteiger partial charge in [0.1, 0.15) is 12.2 Å². The molecule has 0 aromatic heterocycles. The molecule has 0 aliphatic heterocycles. The molecule has 0 rings (SSSR count). The van der Waals surface area contributed by atoms with Crippen molar-refractivity contribution in [2.45, 2.75) is 65.1 Å². The van der Waals surface area contributed by atoms with Gasteiger partial charge in [0.25, 0.3) is 0 Å². The largest absolute Gasteiger partial charge is 0.394 e. The molecule has 0 aliphatic carbocycles. The van der Waals surface area contributed by atoms with Crippen LogP contribution in [0.5, 0.6) is 0 Å². The van der Waals surface area contributed by atoms with E-state index in [9.17, 15) is 20.4 Å². The van der Waals surface area contributed by atoms with Gasteiger partial charge in [0.15, 0.2) is 0 Å². The van der Waals surface area contributed by atoms with Crippen molar-refractivity contribution in [2.75, 3.05) is 39.6 Å².